The third-order valence-electron chi connectivity index (χ3n) is 4.45. The monoisotopic (exact) mass is 374 g/mol. The van der Waals surface area contributed by atoms with Crippen LogP contribution in [-0.2, 0) is 0 Å². The predicted octanol–water partition coefficient (Wildman–Crippen LogP) is 5.12. The number of aryl methyl sites for hydroxylation is 1. The summed E-state index contributed by atoms with van der Waals surface area (Å²) >= 11 is 0. The highest BCUT2D eigenvalue weighted by Crippen LogP contribution is 2.20. The van der Waals surface area contributed by atoms with Crippen molar-refractivity contribution in [2.24, 2.45) is 0 Å². The summed E-state index contributed by atoms with van der Waals surface area (Å²) in [6, 6.07) is 15.6. The molecule has 0 fully saturated rings. The molecule has 0 saturated carbocycles. The molecule has 0 spiro atoms. The Balaban J connectivity index is 1.64. The molecular weight excluding hydrogens is 348 g/mol. The van der Waals surface area contributed by atoms with Crippen molar-refractivity contribution in [1.29, 1.82) is 0 Å². The molecule has 0 saturated heterocycles. The topological polar surface area (TPSA) is 66.9 Å². The minimum Gasteiger partial charge on any atom is -0.352 e. The molecule has 0 aliphatic rings. The molecule has 0 aliphatic carbocycles. The van der Waals surface area contributed by atoms with Gasteiger partial charge in [0.05, 0.1) is 0 Å². The molecule has 0 atom stereocenters. The van der Waals surface area contributed by atoms with Gasteiger partial charge in [-0.25, -0.2) is 9.97 Å². The molecule has 3 aromatic rings. The lowest BCUT2D eigenvalue weighted by molar-refractivity contribution is 0.0953. The van der Waals surface area contributed by atoms with E-state index in [2.05, 4.69) is 46.6 Å². The first-order valence-electron chi connectivity index (χ1n) is 9.70. The number of amides is 1. The van der Waals surface area contributed by atoms with Gasteiger partial charge in [0.2, 0.25) is 5.95 Å². The fraction of sp³-hybridized carbons (Fsp3) is 0.261. The number of anilines is 2. The first-order chi connectivity index (χ1) is 13.7. The molecule has 5 nitrogen and oxygen atoms in total. The third kappa shape index (κ3) is 5.39. The maximum Gasteiger partial charge on any atom is 0.251 e. The van der Waals surface area contributed by atoms with Gasteiger partial charge in [0, 0.05) is 35.8 Å². The number of hydrogen-bond donors (Lipinski definition) is 2. The molecule has 1 amide bonds. The molecule has 2 N–H and O–H groups in total. The van der Waals surface area contributed by atoms with Gasteiger partial charge in [0.1, 0.15) is 0 Å². The summed E-state index contributed by atoms with van der Waals surface area (Å²) in [6.45, 7) is 4.91. The molecule has 2 aromatic carbocycles. The lowest BCUT2D eigenvalue weighted by atomic mass is 10.1. The van der Waals surface area contributed by atoms with E-state index in [1.54, 1.807) is 12.4 Å². The number of aromatic nitrogens is 2. The maximum atomic E-state index is 12.3. The second-order valence-electron chi connectivity index (χ2n) is 6.83. The molecule has 1 heterocycles. The average molecular weight is 374 g/mol. The molecule has 0 bridgehead atoms. The van der Waals surface area contributed by atoms with Gasteiger partial charge in [-0.3, -0.25) is 4.79 Å². The standard InChI is InChI=1S/C23H26N4O/c1-3-4-5-12-24-22(28)19-10-7-11-21(14-19)27-23-25-15-20(16-26-23)18-9-6-8-17(2)13-18/h6-11,13-16H,3-5,12H2,1-2H3,(H,24,28)(H,25,26,27). The Morgan fingerprint density at radius 1 is 0.964 bits per heavy atom. The van der Waals surface area contributed by atoms with E-state index in [-0.39, 0.29) is 5.91 Å². The Labute approximate surface area is 166 Å². The van der Waals surface area contributed by atoms with Gasteiger partial charge in [-0.1, -0.05) is 55.7 Å². The van der Waals surface area contributed by atoms with Crippen molar-refractivity contribution < 1.29 is 4.79 Å². The summed E-state index contributed by atoms with van der Waals surface area (Å²) in [4.78, 5) is 21.1. The number of carbonyl (C=O) groups excluding carboxylic acids is 1. The Morgan fingerprint density at radius 2 is 1.75 bits per heavy atom. The van der Waals surface area contributed by atoms with E-state index < -0.39 is 0 Å². The Bertz CT molecular complexity index is 922. The number of unbranched alkanes of at least 4 members (excludes halogenated alkanes) is 2. The zero-order valence-electron chi connectivity index (χ0n) is 16.4. The molecular formula is C23H26N4O. The SMILES string of the molecule is CCCCCNC(=O)c1cccc(Nc2ncc(-c3cccc(C)c3)cn2)c1. The summed E-state index contributed by atoms with van der Waals surface area (Å²) in [5.74, 6) is 0.437. The number of nitrogens with zero attached hydrogens (tertiary/aromatic N) is 2. The smallest absolute Gasteiger partial charge is 0.251 e. The molecule has 0 radical (unpaired) electrons. The summed E-state index contributed by atoms with van der Waals surface area (Å²) in [5, 5.41) is 6.12. The fourth-order valence-electron chi connectivity index (χ4n) is 2.91. The first-order valence-corrected chi connectivity index (χ1v) is 9.70. The zero-order chi connectivity index (χ0) is 19.8. The van der Waals surface area contributed by atoms with Crippen molar-refractivity contribution in [3.8, 4) is 11.1 Å². The van der Waals surface area contributed by atoms with Gasteiger partial charge in [0.15, 0.2) is 0 Å². The third-order valence-corrected chi connectivity index (χ3v) is 4.45. The highest BCUT2D eigenvalue weighted by atomic mass is 16.1. The zero-order valence-corrected chi connectivity index (χ0v) is 16.4. The van der Waals surface area contributed by atoms with Crippen LogP contribution in [0.1, 0.15) is 42.1 Å². The minimum absolute atomic E-state index is 0.0598. The van der Waals surface area contributed by atoms with Crippen molar-refractivity contribution in [3.05, 3.63) is 72.1 Å². The van der Waals surface area contributed by atoms with Crippen LogP contribution in [0.15, 0.2) is 60.9 Å². The van der Waals surface area contributed by atoms with Gasteiger partial charge in [0.25, 0.3) is 5.91 Å². The predicted molar refractivity (Wildman–Crippen MR) is 114 cm³/mol. The fourth-order valence-corrected chi connectivity index (χ4v) is 2.91. The van der Waals surface area contributed by atoms with E-state index in [9.17, 15) is 4.79 Å². The average Bonchev–Trinajstić information content (AvgIpc) is 2.72. The largest absolute Gasteiger partial charge is 0.352 e. The number of carbonyl (C=O) groups is 1. The molecule has 1 aromatic heterocycles. The van der Waals surface area contributed by atoms with Gasteiger partial charge in [-0.2, -0.15) is 0 Å². The Morgan fingerprint density at radius 3 is 2.50 bits per heavy atom. The normalized spacial score (nSPS) is 10.5. The molecule has 0 aliphatic heterocycles. The molecule has 3 rings (SSSR count). The molecule has 28 heavy (non-hydrogen) atoms. The van der Waals surface area contributed by atoms with Crippen LogP contribution in [0.2, 0.25) is 0 Å². The van der Waals surface area contributed by atoms with Crippen molar-refractivity contribution in [1.82, 2.24) is 15.3 Å². The van der Waals surface area contributed by atoms with Crippen molar-refractivity contribution in [2.75, 3.05) is 11.9 Å². The van der Waals surface area contributed by atoms with Gasteiger partial charge >= 0.3 is 0 Å². The Hall–Kier alpha value is -3.21. The number of nitrogens with one attached hydrogen (secondary N) is 2. The van der Waals surface area contributed by atoms with Crippen molar-refractivity contribution >= 4 is 17.5 Å². The van der Waals surface area contributed by atoms with Crippen LogP contribution in [0.25, 0.3) is 11.1 Å². The van der Waals surface area contributed by atoms with Gasteiger partial charge < -0.3 is 10.6 Å². The van der Waals surface area contributed by atoms with E-state index in [0.29, 0.717) is 18.1 Å². The second kappa shape index (κ2) is 9.65. The van der Waals surface area contributed by atoms with Crippen molar-refractivity contribution in [2.45, 2.75) is 33.1 Å². The summed E-state index contributed by atoms with van der Waals surface area (Å²) in [5.41, 5.74) is 4.66. The quantitative estimate of drug-likeness (QED) is 0.537. The molecule has 0 unspecified atom stereocenters. The van der Waals surface area contributed by atoms with Gasteiger partial charge in [-0.05, 0) is 37.1 Å². The van der Waals surface area contributed by atoms with Crippen LogP contribution >= 0.6 is 0 Å². The van der Waals surface area contributed by atoms with Crippen LogP contribution in [0, 0.1) is 6.92 Å². The number of rotatable bonds is 8. The van der Waals surface area contributed by atoms with Crippen LogP contribution < -0.4 is 10.6 Å². The summed E-state index contributed by atoms with van der Waals surface area (Å²) in [7, 11) is 0. The molecule has 5 heteroatoms. The van der Waals surface area contributed by atoms with Crippen LogP contribution in [0.4, 0.5) is 11.6 Å². The van der Waals surface area contributed by atoms with E-state index in [1.807, 2.05) is 36.4 Å². The highest BCUT2D eigenvalue weighted by Gasteiger charge is 2.07. The van der Waals surface area contributed by atoms with Crippen molar-refractivity contribution in [3.63, 3.8) is 0 Å². The summed E-state index contributed by atoms with van der Waals surface area (Å²) < 4.78 is 0. The maximum absolute atomic E-state index is 12.3. The van der Waals surface area contributed by atoms with E-state index in [0.717, 1.165) is 36.1 Å². The lowest BCUT2D eigenvalue weighted by Crippen LogP contribution is -2.24. The van der Waals surface area contributed by atoms with Gasteiger partial charge in [-0.15, -0.1) is 0 Å². The first kappa shape index (κ1) is 19.5. The highest BCUT2D eigenvalue weighted by molar-refractivity contribution is 5.95. The number of benzene rings is 2. The lowest BCUT2D eigenvalue weighted by Gasteiger charge is -2.09. The molecule has 144 valence electrons. The van der Waals surface area contributed by atoms with E-state index in [4.69, 9.17) is 0 Å². The number of hydrogen-bond acceptors (Lipinski definition) is 4. The van der Waals surface area contributed by atoms with E-state index >= 15 is 0 Å². The van der Waals surface area contributed by atoms with Crippen LogP contribution in [-0.4, -0.2) is 22.4 Å². The van der Waals surface area contributed by atoms with Crippen LogP contribution in [0.5, 0.6) is 0 Å². The minimum atomic E-state index is -0.0598. The summed E-state index contributed by atoms with van der Waals surface area (Å²) in [6.07, 6.45) is 6.86. The Kier molecular flexibility index (Phi) is 6.73. The van der Waals surface area contributed by atoms with E-state index in [1.165, 1.54) is 5.56 Å². The van der Waals surface area contributed by atoms with Crippen LogP contribution in [0.3, 0.4) is 0 Å². The second-order valence-corrected chi connectivity index (χ2v) is 6.83.